The highest BCUT2D eigenvalue weighted by Crippen LogP contribution is 2.24. The van der Waals surface area contributed by atoms with Crippen molar-refractivity contribution in [3.8, 4) is 0 Å². The predicted octanol–water partition coefficient (Wildman–Crippen LogP) is 3.80. The van der Waals surface area contributed by atoms with Crippen molar-refractivity contribution < 1.29 is 4.79 Å². The first kappa shape index (κ1) is 17.7. The van der Waals surface area contributed by atoms with Gasteiger partial charge in [0.1, 0.15) is 5.52 Å². The lowest BCUT2D eigenvalue weighted by molar-refractivity contribution is 0.102. The van der Waals surface area contributed by atoms with E-state index < -0.39 is 0 Å². The molecule has 4 rings (SSSR count). The molecule has 0 aliphatic rings. The normalized spacial score (nSPS) is 10.8. The second kappa shape index (κ2) is 7.52. The van der Waals surface area contributed by atoms with Gasteiger partial charge in [0.05, 0.1) is 23.4 Å². The first-order valence-electron chi connectivity index (χ1n) is 9.07. The van der Waals surface area contributed by atoms with Crippen LogP contribution in [-0.4, -0.2) is 35.0 Å². The molecule has 28 heavy (non-hydrogen) atoms. The zero-order chi connectivity index (χ0) is 19.5. The van der Waals surface area contributed by atoms with Crippen LogP contribution in [0.4, 0.5) is 11.4 Å². The topological polar surface area (TPSA) is 63.1 Å². The lowest BCUT2D eigenvalue weighted by Crippen LogP contribution is -2.16. The number of nitrogens with one attached hydrogen (secondary N) is 1. The van der Waals surface area contributed by atoms with E-state index in [9.17, 15) is 4.79 Å². The van der Waals surface area contributed by atoms with Gasteiger partial charge in [-0.2, -0.15) is 0 Å². The third-order valence-corrected chi connectivity index (χ3v) is 4.60. The van der Waals surface area contributed by atoms with E-state index >= 15 is 0 Å². The van der Waals surface area contributed by atoms with Gasteiger partial charge in [-0.25, -0.2) is 4.68 Å². The summed E-state index contributed by atoms with van der Waals surface area (Å²) < 4.78 is 1.86. The van der Waals surface area contributed by atoms with Crippen LogP contribution in [0.5, 0.6) is 0 Å². The summed E-state index contributed by atoms with van der Waals surface area (Å²) in [6, 6.07) is 23.2. The Hall–Kier alpha value is -3.67. The number of fused-ring (bicyclic) bond motifs is 1. The molecule has 0 atom stereocenters. The third kappa shape index (κ3) is 3.57. The van der Waals surface area contributed by atoms with Crippen molar-refractivity contribution in [2.24, 2.45) is 0 Å². The second-order valence-corrected chi connectivity index (χ2v) is 6.80. The number of carbonyl (C=O) groups excluding carboxylic acids is 1. The number of amides is 1. The molecule has 1 aromatic heterocycles. The summed E-state index contributed by atoms with van der Waals surface area (Å²) in [4.78, 5) is 14.6. The van der Waals surface area contributed by atoms with Crippen LogP contribution in [0, 0.1) is 0 Å². The van der Waals surface area contributed by atoms with Gasteiger partial charge in [-0.05, 0) is 42.0 Å². The largest absolute Gasteiger partial charge is 0.376 e. The molecule has 0 radical (unpaired) electrons. The smallest absolute Gasteiger partial charge is 0.255 e. The predicted molar refractivity (Wildman–Crippen MR) is 112 cm³/mol. The number of benzene rings is 3. The Morgan fingerprint density at radius 1 is 0.964 bits per heavy atom. The van der Waals surface area contributed by atoms with Crippen LogP contribution in [0.25, 0.3) is 11.0 Å². The summed E-state index contributed by atoms with van der Waals surface area (Å²) in [7, 11) is 3.90. The molecule has 6 nitrogen and oxygen atoms in total. The number of nitrogens with zero attached hydrogens (tertiary/aromatic N) is 4. The molecule has 3 aromatic carbocycles. The Balaban J connectivity index is 1.49. The van der Waals surface area contributed by atoms with E-state index in [0.717, 1.165) is 28.0 Å². The molecule has 0 saturated heterocycles. The summed E-state index contributed by atoms with van der Waals surface area (Å²) >= 11 is 0. The Bertz CT molecular complexity index is 1120. The Morgan fingerprint density at radius 2 is 1.68 bits per heavy atom. The highest BCUT2D eigenvalue weighted by Gasteiger charge is 2.10. The van der Waals surface area contributed by atoms with E-state index in [2.05, 4.69) is 15.6 Å². The standard InChI is InChI=1S/C22H21N5O/c1-26(2)20-9-5-3-7-18(20)23-22(28)17-13-11-16(12-14-17)15-27-21-10-6-4-8-19(21)24-25-27/h3-14H,15H2,1-2H3,(H,23,28). The van der Waals surface area contributed by atoms with Crippen LogP contribution in [0.3, 0.4) is 0 Å². The minimum absolute atomic E-state index is 0.132. The molecule has 1 amide bonds. The number of para-hydroxylation sites is 3. The SMILES string of the molecule is CN(C)c1ccccc1NC(=O)c1ccc(Cn2nnc3ccccc32)cc1. The van der Waals surface area contributed by atoms with Gasteiger partial charge in [-0.15, -0.1) is 5.10 Å². The summed E-state index contributed by atoms with van der Waals surface area (Å²) in [6.45, 7) is 0.603. The van der Waals surface area contributed by atoms with E-state index in [4.69, 9.17) is 0 Å². The van der Waals surface area contributed by atoms with Gasteiger partial charge in [0.15, 0.2) is 0 Å². The lowest BCUT2D eigenvalue weighted by atomic mass is 10.1. The van der Waals surface area contributed by atoms with Crippen molar-refractivity contribution in [3.05, 3.63) is 83.9 Å². The van der Waals surface area contributed by atoms with Crippen LogP contribution < -0.4 is 10.2 Å². The summed E-state index contributed by atoms with van der Waals surface area (Å²) in [5.74, 6) is -0.132. The minimum atomic E-state index is -0.132. The molecular formula is C22H21N5O. The molecule has 1 N–H and O–H groups in total. The van der Waals surface area contributed by atoms with Crippen LogP contribution in [0.15, 0.2) is 72.8 Å². The highest BCUT2D eigenvalue weighted by atomic mass is 16.1. The molecule has 0 unspecified atom stereocenters. The first-order chi connectivity index (χ1) is 13.6. The molecule has 4 aromatic rings. The number of anilines is 2. The van der Waals surface area contributed by atoms with Gasteiger partial charge in [-0.3, -0.25) is 4.79 Å². The van der Waals surface area contributed by atoms with E-state index in [1.165, 1.54) is 0 Å². The highest BCUT2D eigenvalue weighted by molar-refractivity contribution is 6.05. The number of hydrogen-bond acceptors (Lipinski definition) is 4. The number of carbonyl (C=O) groups is 1. The fraction of sp³-hybridized carbons (Fsp3) is 0.136. The van der Waals surface area contributed by atoms with Gasteiger partial charge in [0, 0.05) is 19.7 Å². The fourth-order valence-electron chi connectivity index (χ4n) is 3.13. The van der Waals surface area contributed by atoms with Crippen molar-refractivity contribution in [2.75, 3.05) is 24.3 Å². The van der Waals surface area contributed by atoms with Gasteiger partial charge in [0.2, 0.25) is 0 Å². The average Bonchev–Trinajstić information content (AvgIpc) is 3.12. The Labute approximate surface area is 163 Å². The van der Waals surface area contributed by atoms with Gasteiger partial charge >= 0.3 is 0 Å². The summed E-state index contributed by atoms with van der Waals surface area (Å²) in [5.41, 5.74) is 5.28. The van der Waals surface area contributed by atoms with Crippen molar-refractivity contribution in [1.82, 2.24) is 15.0 Å². The van der Waals surface area contributed by atoms with Crippen molar-refractivity contribution in [3.63, 3.8) is 0 Å². The Kier molecular flexibility index (Phi) is 4.76. The molecule has 0 saturated carbocycles. The van der Waals surface area contributed by atoms with Crippen molar-refractivity contribution in [1.29, 1.82) is 0 Å². The third-order valence-electron chi connectivity index (χ3n) is 4.60. The molecule has 0 fully saturated rings. The van der Waals surface area contributed by atoms with Gasteiger partial charge in [-0.1, -0.05) is 41.6 Å². The zero-order valence-corrected chi connectivity index (χ0v) is 15.8. The minimum Gasteiger partial charge on any atom is -0.376 e. The molecule has 140 valence electrons. The maximum absolute atomic E-state index is 12.6. The van der Waals surface area contributed by atoms with Gasteiger partial charge < -0.3 is 10.2 Å². The van der Waals surface area contributed by atoms with Crippen molar-refractivity contribution >= 4 is 28.3 Å². The number of aromatic nitrogens is 3. The van der Waals surface area contributed by atoms with E-state index in [1.807, 2.05) is 96.5 Å². The maximum Gasteiger partial charge on any atom is 0.255 e. The maximum atomic E-state index is 12.6. The molecule has 1 heterocycles. The monoisotopic (exact) mass is 371 g/mol. The summed E-state index contributed by atoms with van der Waals surface area (Å²) in [5, 5.41) is 11.4. The van der Waals surface area contributed by atoms with Crippen LogP contribution in [0.1, 0.15) is 15.9 Å². The van der Waals surface area contributed by atoms with E-state index in [-0.39, 0.29) is 5.91 Å². The van der Waals surface area contributed by atoms with E-state index in [0.29, 0.717) is 12.1 Å². The second-order valence-electron chi connectivity index (χ2n) is 6.80. The van der Waals surface area contributed by atoms with Crippen LogP contribution in [0.2, 0.25) is 0 Å². The molecule has 0 aliphatic carbocycles. The van der Waals surface area contributed by atoms with Crippen molar-refractivity contribution in [2.45, 2.75) is 6.54 Å². The van der Waals surface area contributed by atoms with E-state index in [1.54, 1.807) is 0 Å². The Morgan fingerprint density at radius 3 is 2.46 bits per heavy atom. The molecular weight excluding hydrogens is 350 g/mol. The fourth-order valence-corrected chi connectivity index (χ4v) is 3.13. The van der Waals surface area contributed by atoms with Crippen LogP contribution in [-0.2, 0) is 6.54 Å². The average molecular weight is 371 g/mol. The number of rotatable bonds is 5. The molecule has 0 aliphatic heterocycles. The lowest BCUT2D eigenvalue weighted by Gasteiger charge is -2.17. The first-order valence-corrected chi connectivity index (χ1v) is 9.07. The zero-order valence-electron chi connectivity index (χ0n) is 15.8. The molecule has 6 heteroatoms. The molecule has 0 spiro atoms. The quantitative estimate of drug-likeness (QED) is 0.580. The molecule has 0 bridgehead atoms. The van der Waals surface area contributed by atoms with Crippen LogP contribution >= 0.6 is 0 Å². The summed E-state index contributed by atoms with van der Waals surface area (Å²) in [6.07, 6.45) is 0. The number of hydrogen-bond donors (Lipinski definition) is 1. The van der Waals surface area contributed by atoms with Gasteiger partial charge in [0.25, 0.3) is 5.91 Å².